The second-order valence-corrected chi connectivity index (χ2v) is 4.09. The molecule has 1 heterocycles. The topological polar surface area (TPSA) is 32.7 Å². The van der Waals surface area contributed by atoms with Crippen LogP contribution in [0.3, 0.4) is 0 Å². The fourth-order valence-electron chi connectivity index (χ4n) is 2.62. The Morgan fingerprint density at radius 3 is 2.69 bits per heavy atom. The number of hydrogen-bond donors (Lipinski definition) is 1. The van der Waals surface area contributed by atoms with Crippen LogP contribution in [-0.4, -0.2) is 49.0 Å². The van der Waals surface area contributed by atoms with E-state index < -0.39 is 0 Å². The van der Waals surface area contributed by atoms with E-state index in [1.54, 1.807) is 0 Å². The van der Waals surface area contributed by atoms with E-state index in [1.807, 2.05) is 0 Å². The first-order valence-corrected chi connectivity index (χ1v) is 5.34. The fourth-order valence-corrected chi connectivity index (χ4v) is 2.62. The van der Waals surface area contributed by atoms with Gasteiger partial charge in [0.25, 0.3) is 0 Å². The first-order valence-electron chi connectivity index (χ1n) is 5.34. The van der Waals surface area contributed by atoms with Gasteiger partial charge in [-0.05, 0) is 18.8 Å². The highest BCUT2D eigenvalue weighted by atomic mass is 16.5. The monoisotopic (exact) mass is 185 g/mol. The molecule has 2 unspecified atom stereocenters. The SMILES string of the molecule is OCC1CCCC1N1CCOCC1. The van der Waals surface area contributed by atoms with Crippen LogP contribution in [0.15, 0.2) is 0 Å². The van der Waals surface area contributed by atoms with Crippen molar-refractivity contribution < 1.29 is 9.84 Å². The van der Waals surface area contributed by atoms with E-state index in [1.165, 1.54) is 19.3 Å². The molecule has 0 aromatic heterocycles. The van der Waals surface area contributed by atoms with Gasteiger partial charge >= 0.3 is 0 Å². The van der Waals surface area contributed by atoms with Crippen molar-refractivity contribution in [1.82, 2.24) is 4.90 Å². The van der Waals surface area contributed by atoms with Crippen LogP contribution in [0.4, 0.5) is 0 Å². The molecule has 13 heavy (non-hydrogen) atoms. The van der Waals surface area contributed by atoms with Gasteiger partial charge in [0.15, 0.2) is 0 Å². The number of hydrogen-bond acceptors (Lipinski definition) is 3. The van der Waals surface area contributed by atoms with Crippen LogP contribution in [0.25, 0.3) is 0 Å². The zero-order chi connectivity index (χ0) is 9.10. The largest absolute Gasteiger partial charge is 0.396 e. The van der Waals surface area contributed by atoms with Crippen molar-refractivity contribution in [2.75, 3.05) is 32.9 Å². The van der Waals surface area contributed by atoms with Crippen molar-refractivity contribution in [3.8, 4) is 0 Å². The lowest BCUT2D eigenvalue weighted by atomic mass is 10.0. The van der Waals surface area contributed by atoms with Crippen molar-refractivity contribution in [3.05, 3.63) is 0 Å². The van der Waals surface area contributed by atoms with Crippen molar-refractivity contribution in [2.24, 2.45) is 5.92 Å². The molecule has 0 spiro atoms. The number of aliphatic hydroxyl groups excluding tert-OH is 1. The highest BCUT2D eigenvalue weighted by molar-refractivity contribution is 4.85. The molecule has 2 fully saturated rings. The summed E-state index contributed by atoms with van der Waals surface area (Å²) in [5.41, 5.74) is 0. The van der Waals surface area contributed by atoms with Gasteiger partial charge < -0.3 is 9.84 Å². The Labute approximate surface area is 79.7 Å². The lowest BCUT2D eigenvalue weighted by Crippen LogP contribution is -2.45. The number of ether oxygens (including phenoxy) is 1. The summed E-state index contributed by atoms with van der Waals surface area (Å²) in [5.74, 6) is 0.526. The number of morpholine rings is 1. The van der Waals surface area contributed by atoms with Crippen LogP contribution >= 0.6 is 0 Å². The second kappa shape index (κ2) is 4.40. The lowest BCUT2D eigenvalue weighted by Gasteiger charge is -2.35. The normalized spacial score (nSPS) is 36.7. The maximum Gasteiger partial charge on any atom is 0.0594 e. The molecule has 0 bridgehead atoms. The molecule has 0 aromatic carbocycles. The molecule has 1 aliphatic carbocycles. The van der Waals surface area contributed by atoms with Gasteiger partial charge in [-0.3, -0.25) is 4.90 Å². The van der Waals surface area contributed by atoms with Gasteiger partial charge in [0, 0.05) is 25.7 Å². The smallest absolute Gasteiger partial charge is 0.0594 e. The Hall–Kier alpha value is -0.120. The van der Waals surface area contributed by atoms with Gasteiger partial charge in [-0.25, -0.2) is 0 Å². The Bertz CT molecular complexity index is 157. The van der Waals surface area contributed by atoms with Crippen molar-refractivity contribution >= 4 is 0 Å². The second-order valence-electron chi connectivity index (χ2n) is 4.09. The third-order valence-electron chi connectivity index (χ3n) is 3.37. The van der Waals surface area contributed by atoms with Crippen LogP contribution in [0, 0.1) is 5.92 Å². The summed E-state index contributed by atoms with van der Waals surface area (Å²) >= 11 is 0. The summed E-state index contributed by atoms with van der Waals surface area (Å²) in [6.45, 7) is 4.22. The van der Waals surface area contributed by atoms with E-state index in [-0.39, 0.29) is 0 Å². The van der Waals surface area contributed by atoms with Crippen LogP contribution in [-0.2, 0) is 4.74 Å². The molecule has 2 aliphatic rings. The number of nitrogens with zero attached hydrogens (tertiary/aromatic N) is 1. The molecule has 1 aliphatic heterocycles. The molecule has 1 saturated heterocycles. The quantitative estimate of drug-likeness (QED) is 0.679. The van der Waals surface area contributed by atoms with E-state index in [2.05, 4.69) is 4.90 Å². The van der Waals surface area contributed by atoms with Crippen LogP contribution in [0.2, 0.25) is 0 Å². The summed E-state index contributed by atoms with van der Waals surface area (Å²) < 4.78 is 5.32. The van der Waals surface area contributed by atoms with Crippen LogP contribution < -0.4 is 0 Å². The Balaban J connectivity index is 1.90. The fraction of sp³-hybridized carbons (Fsp3) is 1.00. The van der Waals surface area contributed by atoms with Crippen molar-refractivity contribution in [3.63, 3.8) is 0 Å². The molecule has 1 saturated carbocycles. The molecule has 0 aromatic rings. The average Bonchev–Trinajstić information content (AvgIpc) is 2.67. The highest BCUT2D eigenvalue weighted by Gasteiger charge is 2.31. The van der Waals surface area contributed by atoms with E-state index in [0.717, 1.165) is 26.3 Å². The summed E-state index contributed by atoms with van der Waals surface area (Å²) in [6.07, 6.45) is 3.76. The number of rotatable bonds is 2. The highest BCUT2D eigenvalue weighted by Crippen LogP contribution is 2.29. The standard InChI is InChI=1S/C10H19NO2/c12-8-9-2-1-3-10(9)11-4-6-13-7-5-11/h9-10,12H,1-8H2. The summed E-state index contributed by atoms with van der Waals surface area (Å²) in [4.78, 5) is 2.50. The van der Waals surface area contributed by atoms with Gasteiger partial charge in [0.1, 0.15) is 0 Å². The van der Waals surface area contributed by atoms with Crippen molar-refractivity contribution in [2.45, 2.75) is 25.3 Å². The zero-order valence-electron chi connectivity index (χ0n) is 8.11. The van der Waals surface area contributed by atoms with Crippen molar-refractivity contribution in [1.29, 1.82) is 0 Å². The van der Waals surface area contributed by atoms with Crippen LogP contribution in [0.1, 0.15) is 19.3 Å². The predicted molar refractivity (Wildman–Crippen MR) is 50.6 cm³/mol. The maximum absolute atomic E-state index is 9.21. The Morgan fingerprint density at radius 2 is 2.00 bits per heavy atom. The molecule has 1 N–H and O–H groups in total. The Morgan fingerprint density at radius 1 is 1.23 bits per heavy atom. The number of aliphatic hydroxyl groups is 1. The van der Waals surface area contributed by atoms with E-state index >= 15 is 0 Å². The molecule has 2 atom stereocenters. The minimum atomic E-state index is 0.363. The average molecular weight is 185 g/mol. The molecular formula is C10H19NO2. The van der Waals surface area contributed by atoms with Gasteiger partial charge in [-0.15, -0.1) is 0 Å². The molecular weight excluding hydrogens is 166 g/mol. The molecule has 2 rings (SSSR count). The minimum absolute atomic E-state index is 0.363. The molecule has 0 radical (unpaired) electrons. The van der Waals surface area contributed by atoms with Gasteiger partial charge in [-0.1, -0.05) is 6.42 Å². The van der Waals surface area contributed by atoms with Gasteiger partial charge in [0.2, 0.25) is 0 Å². The lowest BCUT2D eigenvalue weighted by molar-refractivity contribution is 0.00201. The first-order chi connectivity index (χ1) is 6.42. The molecule has 3 nitrogen and oxygen atoms in total. The van der Waals surface area contributed by atoms with E-state index in [9.17, 15) is 5.11 Å². The summed E-state index contributed by atoms with van der Waals surface area (Å²) in [6, 6.07) is 0.633. The van der Waals surface area contributed by atoms with E-state index in [4.69, 9.17) is 4.74 Å². The minimum Gasteiger partial charge on any atom is -0.396 e. The third-order valence-corrected chi connectivity index (χ3v) is 3.37. The zero-order valence-corrected chi connectivity index (χ0v) is 8.11. The summed E-state index contributed by atoms with van der Waals surface area (Å²) in [7, 11) is 0. The van der Waals surface area contributed by atoms with Gasteiger partial charge in [0.05, 0.1) is 13.2 Å². The molecule has 3 heteroatoms. The summed E-state index contributed by atoms with van der Waals surface area (Å²) in [5, 5.41) is 9.21. The van der Waals surface area contributed by atoms with Gasteiger partial charge in [-0.2, -0.15) is 0 Å². The molecule has 76 valence electrons. The third kappa shape index (κ3) is 2.03. The Kier molecular flexibility index (Phi) is 3.19. The maximum atomic E-state index is 9.21. The molecule has 0 amide bonds. The first kappa shape index (κ1) is 9.44. The van der Waals surface area contributed by atoms with E-state index in [0.29, 0.717) is 18.6 Å². The van der Waals surface area contributed by atoms with Crippen LogP contribution in [0.5, 0.6) is 0 Å². The predicted octanol–water partition coefficient (Wildman–Crippen LogP) is 0.480.